The van der Waals surface area contributed by atoms with E-state index in [0.717, 1.165) is 0 Å². The average Bonchev–Trinajstić information content (AvgIpc) is 2.48. The van der Waals surface area contributed by atoms with Gasteiger partial charge in [0.1, 0.15) is 0 Å². The Balaban J connectivity index is 0. The van der Waals surface area contributed by atoms with Gasteiger partial charge in [-0.3, -0.25) is 0 Å². The highest BCUT2D eigenvalue weighted by molar-refractivity contribution is 7.75. The van der Waals surface area contributed by atoms with Crippen LogP contribution < -0.4 is 4.70 Å². The molecule has 0 aliphatic rings. The molecule has 0 aliphatic heterocycles. The molecule has 0 amide bonds. The van der Waals surface area contributed by atoms with Crippen LogP contribution in [0, 0.1) is 0 Å². The highest BCUT2D eigenvalue weighted by Crippen LogP contribution is 2.61. The van der Waals surface area contributed by atoms with Crippen LogP contribution in [0.4, 0.5) is 0 Å². The van der Waals surface area contributed by atoms with Gasteiger partial charge in [-0.1, -0.05) is 79.1 Å². The van der Waals surface area contributed by atoms with Crippen LogP contribution in [0.2, 0.25) is 0 Å². The van der Waals surface area contributed by atoms with Gasteiger partial charge >= 0.3 is 0 Å². The zero-order chi connectivity index (χ0) is 15.8. The van der Waals surface area contributed by atoms with Gasteiger partial charge in [0.2, 0.25) is 0 Å². The minimum Gasteiger partial charge on any atom is -1.00 e. The SMILES string of the molecule is CCCCC[P+](CCCCC)(CCCCC)CCCCC.[F-]. The predicted octanol–water partition coefficient (Wildman–Crippen LogP) is 4.77. The normalized spacial score (nSPS) is 11.5. The minimum absolute atomic E-state index is 0. The zero-order valence-electron chi connectivity index (χ0n) is 16.1. The lowest BCUT2D eigenvalue weighted by Crippen LogP contribution is -3.00. The Morgan fingerprint density at radius 2 is 0.636 bits per heavy atom. The molecule has 136 valence electrons. The number of hydrogen-bond donors (Lipinski definition) is 0. The Labute approximate surface area is 141 Å². The van der Waals surface area contributed by atoms with Crippen LogP contribution in [-0.2, 0) is 0 Å². The van der Waals surface area contributed by atoms with Gasteiger partial charge in [0.15, 0.2) is 0 Å². The Kier molecular flexibility index (Phi) is 19.8. The largest absolute Gasteiger partial charge is 1.00 e. The first-order valence-corrected chi connectivity index (χ1v) is 12.6. The van der Waals surface area contributed by atoms with E-state index in [1.165, 1.54) is 77.0 Å². The maximum Gasteiger partial charge on any atom is 0.0594 e. The van der Waals surface area contributed by atoms with Gasteiger partial charge < -0.3 is 4.70 Å². The van der Waals surface area contributed by atoms with Crippen molar-refractivity contribution in [3.05, 3.63) is 0 Å². The van der Waals surface area contributed by atoms with E-state index in [1.54, 1.807) is 24.6 Å². The van der Waals surface area contributed by atoms with Crippen LogP contribution in [0.15, 0.2) is 0 Å². The van der Waals surface area contributed by atoms with Crippen molar-refractivity contribution in [3.8, 4) is 0 Å². The maximum atomic E-state index is 2.35. The van der Waals surface area contributed by atoms with Gasteiger partial charge in [-0.25, -0.2) is 0 Å². The van der Waals surface area contributed by atoms with Crippen molar-refractivity contribution >= 4 is 7.26 Å². The second-order valence-electron chi connectivity index (χ2n) is 7.06. The number of hydrogen-bond acceptors (Lipinski definition) is 0. The molecule has 0 radical (unpaired) electrons. The molecule has 0 saturated heterocycles. The summed E-state index contributed by atoms with van der Waals surface area (Å²) in [6, 6.07) is 0. The van der Waals surface area contributed by atoms with Crippen molar-refractivity contribution in [1.82, 2.24) is 0 Å². The van der Waals surface area contributed by atoms with E-state index in [1.807, 2.05) is 0 Å². The molecule has 0 atom stereocenters. The van der Waals surface area contributed by atoms with Crippen LogP contribution in [0.1, 0.15) is 105 Å². The lowest BCUT2D eigenvalue weighted by atomic mass is 10.3. The fourth-order valence-corrected chi connectivity index (χ4v) is 8.38. The van der Waals surface area contributed by atoms with Crippen LogP contribution in [0.5, 0.6) is 0 Å². The molecule has 0 heterocycles. The van der Waals surface area contributed by atoms with Crippen molar-refractivity contribution in [2.45, 2.75) is 105 Å². The van der Waals surface area contributed by atoms with Crippen molar-refractivity contribution in [2.75, 3.05) is 24.6 Å². The quantitative estimate of drug-likeness (QED) is 0.282. The second-order valence-corrected chi connectivity index (χ2v) is 11.5. The monoisotopic (exact) mass is 334 g/mol. The number of unbranched alkanes of at least 4 members (excludes halogenated alkanes) is 8. The number of halogens is 1. The molecule has 0 nitrogen and oxygen atoms in total. The average molecular weight is 335 g/mol. The van der Waals surface area contributed by atoms with Crippen LogP contribution >= 0.6 is 7.26 Å². The van der Waals surface area contributed by atoms with E-state index in [0.29, 0.717) is 0 Å². The van der Waals surface area contributed by atoms with Crippen LogP contribution in [0.25, 0.3) is 0 Å². The topological polar surface area (TPSA) is 0 Å². The van der Waals surface area contributed by atoms with Gasteiger partial charge in [-0.05, 0) is 25.7 Å². The van der Waals surface area contributed by atoms with E-state index in [2.05, 4.69) is 27.7 Å². The van der Waals surface area contributed by atoms with Crippen molar-refractivity contribution in [2.24, 2.45) is 0 Å². The molecular formula is C20H44FP. The van der Waals surface area contributed by atoms with E-state index in [9.17, 15) is 0 Å². The summed E-state index contributed by atoms with van der Waals surface area (Å²) in [5.74, 6) is 0. The summed E-state index contributed by atoms with van der Waals surface area (Å²) in [4.78, 5) is 0. The third kappa shape index (κ3) is 12.9. The highest BCUT2D eigenvalue weighted by Gasteiger charge is 2.34. The molecule has 0 spiro atoms. The van der Waals surface area contributed by atoms with Gasteiger partial charge in [0.05, 0.1) is 24.6 Å². The Morgan fingerprint density at radius 3 is 0.818 bits per heavy atom. The van der Waals surface area contributed by atoms with Crippen molar-refractivity contribution in [3.63, 3.8) is 0 Å². The molecule has 0 saturated carbocycles. The van der Waals surface area contributed by atoms with Crippen molar-refractivity contribution in [1.29, 1.82) is 0 Å². The molecule has 0 unspecified atom stereocenters. The van der Waals surface area contributed by atoms with Gasteiger partial charge in [-0.15, -0.1) is 0 Å². The molecule has 2 heteroatoms. The number of rotatable bonds is 16. The second kappa shape index (κ2) is 17.7. The fraction of sp³-hybridized carbons (Fsp3) is 1.00. The Hall–Kier alpha value is 0.360. The molecule has 22 heavy (non-hydrogen) atoms. The zero-order valence-corrected chi connectivity index (χ0v) is 17.0. The molecule has 0 rings (SSSR count). The Bertz CT molecular complexity index is 160. The molecule has 0 fully saturated rings. The summed E-state index contributed by atoms with van der Waals surface area (Å²) >= 11 is 0. The van der Waals surface area contributed by atoms with E-state index >= 15 is 0 Å². The van der Waals surface area contributed by atoms with Gasteiger partial charge in [0.25, 0.3) is 0 Å². The van der Waals surface area contributed by atoms with E-state index in [-0.39, 0.29) is 4.70 Å². The van der Waals surface area contributed by atoms with Crippen LogP contribution in [-0.4, -0.2) is 24.6 Å². The highest BCUT2D eigenvalue weighted by atomic mass is 31.2. The molecule has 0 aromatic rings. The van der Waals surface area contributed by atoms with E-state index < -0.39 is 7.26 Å². The first-order valence-electron chi connectivity index (χ1n) is 10.1. The summed E-state index contributed by atoms with van der Waals surface area (Å²) in [5, 5.41) is 0. The Morgan fingerprint density at radius 1 is 0.409 bits per heavy atom. The third-order valence-electron chi connectivity index (χ3n) is 4.94. The first-order chi connectivity index (χ1) is 10.2. The standard InChI is InChI=1S/C20H44P.FH/c1-5-9-13-17-21(18-14-10-6-2,19-15-11-7-3)20-16-12-8-4;/h5-20H2,1-4H3;1H/q+1;/p-1. The molecule has 0 aromatic heterocycles. The fourth-order valence-electron chi connectivity index (χ4n) is 3.46. The maximum absolute atomic E-state index is 2.35. The molecule has 0 aromatic carbocycles. The summed E-state index contributed by atoms with van der Waals surface area (Å²) in [7, 11) is -0.615. The predicted molar refractivity (Wildman–Crippen MR) is 104 cm³/mol. The van der Waals surface area contributed by atoms with Crippen molar-refractivity contribution < 1.29 is 4.70 Å². The van der Waals surface area contributed by atoms with Gasteiger partial charge in [-0.2, -0.15) is 0 Å². The summed E-state index contributed by atoms with van der Waals surface area (Å²) in [6.07, 6.45) is 24.0. The smallest absolute Gasteiger partial charge is 0.0594 e. The van der Waals surface area contributed by atoms with Gasteiger partial charge in [0, 0.05) is 7.26 Å². The minimum atomic E-state index is -0.615. The summed E-state index contributed by atoms with van der Waals surface area (Å²) in [6.45, 7) is 9.41. The van der Waals surface area contributed by atoms with E-state index in [4.69, 9.17) is 0 Å². The molecule has 0 aliphatic carbocycles. The lowest BCUT2D eigenvalue weighted by molar-refractivity contribution is -0.00000493. The third-order valence-corrected chi connectivity index (χ3v) is 10.0. The molecule has 0 bridgehead atoms. The summed E-state index contributed by atoms with van der Waals surface area (Å²) < 4.78 is 0. The first kappa shape index (κ1) is 24.6. The van der Waals surface area contributed by atoms with Crippen LogP contribution in [0.3, 0.4) is 0 Å². The summed E-state index contributed by atoms with van der Waals surface area (Å²) in [5.41, 5.74) is 0. The molecular weight excluding hydrogens is 290 g/mol. The lowest BCUT2D eigenvalue weighted by Gasteiger charge is -2.28. The molecule has 0 N–H and O–H groups in total.